The van der Waals surface area contributed by atoms with Crippen molar-refractivity contribution in [1.82, 2.24) is 0 Å². The molecule has 1 aliphatic rings. The number of aliphatic hydroxyl groups is 5. The van der Waals surface area contributed by atoms with Gasteiger partial charge in [-0.3, -0.25) is 0 Å². The Labute approximate surface area is 68.6 Å². The molecule has 12 heavy (non-hydrogen) atoms. The molecule has 4 atom stereocenters. The van der Waals surface area contributed by atoms with Gasteiger partial charge in [-0.1, -0.05) is 0 Å². The molecule has 0 aromatic carbocycles. The minimum atomic E-state index is -2.17. The summed E-state index contributed by atoms with van der Waals surface area (Å²) in [5.41, 5.74) is 0. The molecule has 0 spiro atoms. The lowest BCUT2D eigenvalue weighted by Gasteiger charge is -2.40. The predicted molar refractivity (Wildman–Crippen MR) is 36.0 cm³/mol. The summed E-state index contributed by atoms with van der Waals surface area (Å²) in [6.45, 7) is -1.16. The summed E-state index contributed by atoms with van der Waals surface area (Å²) in [4.78, 5) is 0. The Morgan fingerprint density at radius 3 is 2.42 bits per heavy atom. The second-order valence-corrected chi connectivity index (χ2v) is 2.82. The molecule has 1 heterocycles. The number of hydrogen-bond donors (Lipinski definition) is 5. The highest BCUT2D eigenvalue weighted by Gasteiger charge is 2.47. The van der Waals surface area contributed by atoms with Crippen LogP contribution in [-0.4, -0.2) is 62.8 Å². The summed E-state index contributed by atoms with van der Waals surface area (Å²) < 4.78 is 4.56. The highest BCUT2D eigenvalue weighted by molar-refractivity contribution is 4.90. The number of rotatable bonds is 1. The van der Waals surface area contributed by atoms with Crippen LogP contribution >= 0.6 is 0 Å². The third-order valence-corrected chi connectivity index (χ3v) is 1.91. The zero-order valence-corrected chi connectivity index (χ0v) is 6.29. The van der Waals surface area contributed by atoms with Gasteiger partial charge in [0.2, 0.25) is 5.79 Å². The van der Waals surface area contributed by atoms with Gasteiger partial charge < -0.3 is 30.3 Å². The molecular formula is C6H12O6. The van der Waals surface area contributed by atoms with Crippen molar-refractivity contribution >= 4 is 0 Å². The first-order valence-electron chi connectivity index (χ1n) is 3.52. The Morgan fingerprint density at radius 1 is 1.33 bits per heavy atom. The SMILES string of the molecule is OC[C@]1(O)OC[C@H](O)C(O)C1O. The molecule has 72 valence electrons. The molecule has 2 unspecified atom stereocenters. The van der Waals surface area contributed by atoms with Gasteiger partial charge in [0.1, 0.15) is 18.3 Å². The molecule has 0 amide bonds. The average Bonchev–Trinajstić information content (AvgIpc) is 2.09. The van der Waals surface area contributed by atoms with E-state index in [1.807, 2.05) is 0 Å². The van der Waals surface area contributed by atoms with Crippen molar-refractivity contribution < 1.29 is 30.3 Å². The third-order valence-electron chi connectivity index (χ3n) is 1.91. The highest BCUT2D eigenvalue weighted by Crippen LogP contribution is 2.22. The summed E-state index contributed by atoms with van der Waals surface area (Å²) in [5, 5.41) is 45.0. The molecule has 0 bridgehead atoms. The van der Waals surface area contributed by atoms with Gasteiger partial charge in [-0.15, -0.1) is 0 Å². The lowest BCUT2D eigenvalue weighted by atomic mass is 9.98. The van der Waals surface area contributed by atoms with E-state index in [0.717, 1.165) is 0 Å². The zero-order chi connectivity index (χ0) is 9.35. The van der Waals surface area contributed by atoms with Crippen LogP contribution in [0, 0.1) is 0 Å². The molecule has 0 saturated carbocycles. The van der Waals surface area contributed by atoms with E-state index in [2.05, 4.69) is 4.74 Å². The van der Waals surface area contributed by atoms with Gasteiger partial charge in [-0.05, 0) is 0 Å². The molecule has 5 N–H and O–H groups in total. The van der Waals surface area contributed by atoms with Crippen molar-refractivity contribution in [1.29, 1.82) is 0 Å². The van der Waals surface area contributed by atoms with Crippen molar-refractivity contribution in [2.24, 2.45) is 0 Å². The van der Waals surface area contributed by atoms with Crippen LogP contribution in [0.25, 0.3) is 0 Å². The van der Waals surface area contributed by atoms with Crippen LogP contribution in [0.3, 0.4) is 0 Å². The van der Waals surface area contributed by atoms with Gasteiger partial charge >= 0.3 is 0 Å². The van der Waals surface area contributed by atoms with Gasteiger partial charge in [0, 0.05) is 0 Å². The van der Waals surface area contributed by atoms with Gasteiger partial charge in [0.05, 0.1) is 13.2 Å². The summed E-state index contributed by atoms with van der Waals surface area (Å²) in [7, 11) is 0. The molecule has 0 radical (unpaired) electrons. The molecule has 1 fully saturated rings. The maximum absolute atomic E-state index is 9.24. The van der Waals surface area contributed by atoms with Gasteiger partial charge in [0.15, 0.2) is 0 Å². The monoisotopic (exact) mass is 180 g/mol. The van der Waals surface area contributed by atoms with Crippen LogP contribution in [0.5, 0.6) is 0 Å². The minimum Gasteiger partial charge on any atom is -0.391 e. The van der Waals surface area contributed by atoms with E-state index in [4.69, 9.17) is 20.4 Å². The maximum Gasteiger partial charge on any atom is 0.218 e. The van der Waals surface area contributed by atoms with Gasteiger partial charge in [-0.2, -0.15) is 0 Å². The Hall–Kier alpha value is -0.240. The fourth-order valence-corrected chi connectivity index (χ4v) is 1.03. The molecule has 1 aliphatic heterocycles. The molecule has 0 aromatic heterocycles. The standard InChI is InChI=1S/C6H12O6/c7-2-6(11)5(10)4(9)3(8)1-12-6/h3-5,7-11H,1-2H2/t3-,4?,5?,6-/m0/s1. The second-order valence-electron chi connectivity index (χ2n) is 2.82. The summed E-state index contributed by atoms with van der Waals surface area (Å²) in [6, 6.07) is 0. The first-order valence-corrected chi connectivity index (χ1v) is 3.52. The Balaban J connectivity index is 2.71. The Bertz CT molecular complexity index is 162. The molecule has 6 nitrogen and oxygen atoms in total. The first kappa shape index (κ1) is 9.85. The molecular weight excluding hydrogens is 168 g/mol. The van der Waals surface area contributed by atoms with Crippen LogP contribution in [0.1, 0.15) is 0 Å². The van der Waals surface area contributed by atoms with E-state index in [9.17, 15) is 5.11 Å². The van der Waals surface area contributed by atoms with Crippen molar-refractivity contribution in [3.63, 3.8) is 0 Å². The molecule has 6 heteroatoms. The average molecular weight is 180 g/mol. The first-order chi connectivity index (χ1) is 5.51. The van der Waals surface area contributed by atoms with E-state index in [0.29, 0.717) is 0 Å². The van der Waals surface area contributed by atoms with Crippen molar-refractivity contribution in [3.8, 4) is 0 Å². The molecule has 1 rings (SSSR count). The Kier molecular flexibility index (Phi) is 2.67. The largest absolute Gasteiger partial charge is 0.391 e. The van der Waals surface area contributed by atoms with Crippen LogP contribution in [0.4, 0.5) is 0 Å². The number of ether oxygens (including phenoxy) is 1. The van der Waals surface area contributed by atoms with Crippen LogP contribution in [0.15, 0.2) is 0 Å². The topological polar surface area (TPSA) is 110 Å². The minimum absolute atomic E-state index is 0.324. The normalized spacial score (nSPS) is 49.2. The maximum atomic E-state index is 9.24. The third kappa shape index (κ3) is 1.45. The van der Waals surface area contributed by atoms with E-state index in [1.165, 1.54) is 0 Å². The van der Waals surface area contributed by atoms with Gasteiger partial charge in [0.25, 0.3) is 0 Å². The van der Waals surface area contributed by atoms with Crippen LogP contribution in [-0.2, 0) is 4.74 Å². The highest BCUT2D eigenvalue weighted by atomic mass is 16.7. The fraction of sp³-hybridized carbons (Fsp3) is 1.00. The summed E-state index contributed by atoms with van der Waals surface area (Å²) in [5.74, 6) is -2.17. The van der Waals surface area contributed by atoms with E-state index in [-0.39, 0.29) is 6.61 Å². The predicted octanol–water partition coefficient (Wildman–Crippen LogP) is -3.22. The van der Waals surface area contributed by atoms with Crippen LogP contribution in [0.2, 0.25) is 0 Å². The molecule has 0 aliphatic carbocycles. The van der Waals surface area contributed by atoms with Crippen molar-refractivity contribution in [3.05, 3.63) is 0 Å². The summed E-state index contributed by atoms with van der Waals surface area (Å²) in [6.07, 6.45) is -4.45. The second kappa shape index (κ2) is 3.25. The molecule has 0 aromatic rings. The fourth-order valence-electron chi connectivity index (χ4n) is 1.03. The molecule has 1 saturated heterocycles. The van der Waals surface area contributed by atoms with E-state index < -0.39 is 30.7 Å². The smallest absolute Gasteiger partial charge is 0.218 e. The number of aliphatic hydroxyl groups excluding tert-OH is 4. The Morgan fingerprint density at radius 2 is 1.92 bits per heavy atom. The van der Waals surface area contributed by atoms with Crippen LogP contribution < -0.4 is 0 Å². The lowest BCUT2D eigenvalue weighted by Crippen LogP contribution is -2.62. The van der Waals surface area contributed by atoms with Gasteiger partial charge in [-0.25, -0.2) is 0 Å². The number of hydrogen-bond acceptors (Lipinski definition) is 6. The quantitative estimate of drug-likeness (QED) is 0.290. The lowest BCUT2D eigenvalue weighted by molar-refractivity contribution is -0.331. The van der Waals surface area contributed by atoms with E-state index in [1.54, 1.807) is 0 Å². The zero-order valence-electron chi connectivity index (χ0n) is 6.29. The summed E-state index contributed by atoms with van der Waals surface area (Å²) >= 11 is 0. The van der Waals surface area contributed by atoms with Crippen molar-refractivity contribution in [2.75, 3.05) is 13.2 Å². The van der Waals surface area contributed by atoms with Crippen molar-refractivity contribution in [2.45, 2.75) is 24.1 Å². The van der Waals surface area contributed by atoms with E-state index >= 15 is 0 Å².